The van der Waals surface area contributed by atoms with Crippen LogP contribution in [0.3, 0.4) is 0 Å². The summed E-state index contributed by atoms with van der Waals surface area (Å²) in [7, 11) is 0. The van der Waals surface area contributed by atoms with Crippen molar-refractivity contribution in [3.63, 3.8) is 0 Å². The van der Waals surface area contributed by atoms with E-state index in [2.05, 4.69) is 4.98 Å². The number of nitrogens with zero attached hydrogens (tertiary/aromatic N) is 3. The molecule has 6 heteroatoms. The molecular weight excluding hydrogens is 246 g/mol. The number of carbonyl (C=O) groups is 1. The number of carbonyl (C=O) groups excluding carboxylic acids is 1. The number of diazo groups is 1. The smallest absolute Gasteiger partial charge is 0.409 e. The molecule has 1 fully saturated rings. The van der Waals surface area contributed by atoms with Gasteiger partial charge in [0.05, 0.1) is 12.5 Å². The van der Waals surface area contributed by atoms with E-state index in [0.717, 1.165) is 25.7 Å². The molecule has 0 atom stereocenters. The highest BCUT2D eigenvalue weighted by atomic mass is 16.5. The molecule has 0 radical (unpaired) electrons. The van der Waals surface area contributed by atoms with Gasteiger partial charge in [-0.15, -0.1) is 0 Å². The summed E-state index contributed by atoms with van der Waals surface area (Å²) in [5.74, 6) is -1.04. The molecule has 102 valence electrons. The van der Waals surface area contributed by atoms with Crippen LogP contribution in [0.15, 0.2) is 6.20 Å². The lowest BCUT2D eigenvalue weighted by Gasteiger charge is -2.26. The van der Waals surface area contributed by atoms with Gasteiger partial charge in [0.1, 0.15) is 0 Å². The molecule has 1 heterocycles. The van der Waals surface area contributed by atoms with E-state index < -0.39 is 11.8 Å². The topological polar surface area (TPSA) is 82.4 Å². The fraction of sp³-hybridized carbons (Fsp3) is 0.615. The first-order chi connectivity index (χ1) is 9.19. The van der Waals surface area contributed by atoms with E-state index in [0.29, 0.717) is 0 Å². The Morgan fingerprint density at radius 2 is 2.21 bits per heavy atom. The molecule has 0 spiro atoms. The third kappa shape index (κ3) is 2.55. The second kappa shape index (κ2) is 5.74. The molecule has 1 aromatic rings. The molecule has 0 N–H and O–H groups in total. The van der Waals surface area contributed by atoms with Crippen molar-refractivity contribution in [1.29, 1.82) is 5.39 Å². The number of hydrogen-bond donors (Lipinski definition) is 0. The van der Waals surface area contributed by atoms with Crippen LogP contribution in [0.5, 0.6) is 5.88 Å². The van der Waals surface area contributed by atoms with Crippen molar-refractivity contribution >= 4 is 11.7 Å². The standard InChI is InChI=1S/C13H17N3O3/c1-2-19-13(18)10-8-16(12(17)11(10)15-14)9-6-4-3-5-7-9/h8-9H,2-7H2,1H3. The second-order valence-corrected chi connectivity index (χ2v) is 4.72. The van der Waals surface area contributed by atoms with Crippen LogP contribution in [0, 0.1) is 5.39 Å². The number of rotatable bonds is 3. The Bertz CT molecular complexity index is 510. The molecule has 0 bridgehead atoms. The average molecular weight is 263 g/mol. The normalized spacial score (nSPS) is 16.0. The summed E-state index contributed by atoms with van der Waals surface area (Å²) in [6, 6.07) is 0.0879. The molecule has 6 nitrogen and oxygen atoms in total. The summed E-state index contributed by atoms with van der Waals surface area (Å²) in [5, 5.41) is 21.1. The first-order valence-corrected chi connectivity index (χ1v) is 6.63. The predicted octanol–water partition coefficient (Wildman–Crippen LogP) is 2.73. The molecule has 0 aliphatic heterocycles. The van der Waals surface area contributed by atoms with Crippen LogP contribution in [0.25, 0.3) is 4.98 Å². The second-order valence-electron chi connectivity index (χ2n) is 4.72. The van der Waals surface area contributed by atoms with E-state index in [1.165, 1.54) is 17.2 Å². The number of ether oxygens (including phenoxy) is 1. The molecule has 0 aromatic carbocycles. The molecule has 0 saturated heterocycles. The van der Waals surface area contributed by atoms with E-state index in [-0.39, 0.29) is 23.9 Å². The fourth-order valence-corrected chi connectivity index (χ4v) is 2.58. The number of hydrogen-bond acceptors (Lipinski definition) is 4. The third-order valence-corrected chi connectivity index (χ3v) is 3.52. The highest BCUT2D eigenvalue weighted by Gasteiger charge is 2.29. The third-order valence-electron chi connectivity index (χ3n) is 3.52. The highest BCUT2D eigenvalue weighted by molar-refractivity contribution is 5.97. The minimum atomic E-state index is -0.623. The zero-order chi connectivity index (χ0) is 13.8. The van der Waals surface area contributed by atoms with Crippen LogP contribution in [0.1, 0.15) is 55.4 Å². The van der Waals surface area contributed by atoms with Gasteiger partial charge in [-0.25, -0.2) is 4.79 Å². The maximum atomic E-state index is 12.1. The molecule has 0 amide bonds. The zero-order valence-electron chi connectivity index (χ0n) is 11.0. The van der Waals surface area contributed by atoms with Crippen molar-refractivity contribution in [2.24, 2.45) is 0 Å². The lowest BCUT2D eigenvalue weighted by Crippen LogP contribution is -2.14. The lowest BCUT2D eigenvalue weighted by molar-refractivity contribution is -0.278. The van der Waals surface area contributed by atoms with E-state index in [9.17, 15) is 9.90 Å². The van der Waals surface area contributed by atoms with Gasteiger partial charge in [-0.3, -0.25) is 0 Å². The van der Waals surface area contributed by atoms with Gasteiger partial charge in [0.25, 0.3) is 0 Å². The molecule has 2 rings (SSSR count). The summed E-state index contributed by atoms with van der Waals surface area (Å²) >= 11 is 0. The Labute approximate surface area is 111 Å². The summed E-state index contributed by atoms with van der Waals surface area (Å²) in [6.45, 7) is 1.90. The molecule has 1 aliphatic carbocycles. The first kappa shape index (κ1) is 13.4. The van der Waals surface area contributed by atoms with Crippen LogP contribution in [-0.2, 0) is 4.74 Å². The Hall–Kier alpha value is -2.03. The van der Waals surface area contributed by atoms with Crippen molar-refractivity contribution in [3.8, 4) is 5.88 Å². The number of esters is 1. The summed E-state index contributed by atoms with van der Waals surface area (Å²) in [5.41, 5.74) is -0.177. The molecule has 1 aromatic heterocycles. The quantitative estimate of drug-likeness (QED) is 0.620. The largest absolute Gasteiger partial charge is 0.854 e. The van der Waals surface area contributed by atoms with Gasteiger partial charge in [-0.1, -0.05) is 19.3 Å². The van der Waals surface area contributed by atoms with Gasteiger partial charge >= 0.3 is 11.7 Å². The minimum absolute atomic E-state index is 0.0416. The van der Waals surface area contributed by atoms with E-state index in [4.69, 9.17) is 10.1 Å². The summed E-state index contributed by atoms with van der Waals surface area (Å²) in [4.78, 5) is 14.7. The summed E-state index contributed by atoms with van der Waals surface area (Å²) in [6.07, 6.45) is 6.61. The van der Waals surface area contributed by atoms with Gasteiger partial charge < -0.3 is 14.4 Å². The van der Waals surface area contributed by atoms with Gasteiger partial charge in [-0.2, -0.15) is 0 Å². The van der Waals surface area contributed by atoms with Gasteiger partial charge in [0.15, 0.2) is 10.5 Å². The van der Waals surface area contributed by atoms with Gasteiger partial charge in [-0.05, 0) is 19.8 Å². The molecular formula is C13H17N3O3. The molecule has 1 saturated carbocycles. The maximum Gasteiger partial charge on any atom is 0.409 e. The van der Waals surface area contributed by atoms with Crippen molar-refractivity contribution in [1.82, 2.24) is 4.57 Å². The Kier molecular flexibility index (Phi) is 4.05. The van der Waals surface area contributed by atoms with Crippen LogP contribution >= 0.6 is 0 Å². The minimum Gasteiger partial charge on any atom is -0.854 e. The van der Waals surface area contributed by atoms with E-state index in [1.807, 2.05) is 0 Å². The average Bonchev–Trinajstić information content (AvgIpc) is 2.77. The summed E-state index contributed by atoms with van der Waals surface area (Å²) < 4.78 is 6.38. The van der Waals surface area contributed by atoms with Crippen molar-refractivity contribution in [3.05, 3.63) is 16.7 Å². The number of aromatic nitrogens is 1. The monoisotopic (exact) mass is 263 g/mol. The Morgan fingerprint density at radius 1 is 1.53 bits per heavy atom. The highest BCUT2D eigenvalue weighted by Crippen LogP contribution is 2.38. The molecule has 19 heavy (non-hydrogen) atoms. The lowest BCUT2D eigenvalue weighted by atomic mass is 9.95. The van der Waals surface area contributed by atoms with Crippen LogP contribution in [0.4, 0.5) is 5.69 Å². The van der Waals surface area contributed by atoms with Crippen molar-refractivity contribution in [2.75, 3.05) is 6.61 Å². The van der Waals surface area contributed by atoms with Crippen LogP contribution < -0.4 is 5.11 Å². The first-order valence-electron chi connectivity index (χ1n) is 6.63. The predicted molar refractivity (Wildman–Crippen MR) is 66.7 cm³/mol. The maximum absolute atomic E-state index is 12.1. The van der Waals surface area contributed by atoms with Crippen LogP contribution in [-0.4, -0.2) is 17.1 Å². The Morgan fingerprint density at radius 3 is 2.79 bits per heavy atom. The van der Waals surface area contributed by atoms with E-state index in [1.54, 1.807) is 6.92 Å². The fourth-order valence-electron chi connectivity index (χ4n) is 2.58. The Balaban J connectivity index is 2.35. The molecule has 0 unspecified atom stereocenters. The van der Waals surface area contributed by atoms with E-state index >= 15 is 0 Å². The molecule has 1 aliphatic rings. The zero-order valence-corrected chi connectivity index (χ0v) is 11.0. The van der Waals surface area contributed by atoms with Gasteiger partial charge in [0, 0.05) is 12.2 Å². The van der Waals surface area contributed by atoms with Crippen molar-refractivity contribution in [2.45, 2.75) is 45.1 Å². The SMILES string of the molecule is CCOC(=O)c1cn(C2CCCCC2)c([O-])c1[N+]#N. The van der Waals surface area contributed by atoms with Crippen molar-refractivity contribution < 1.29 is 14.6 Å². The van der Waals surface area contributed by atoms with Crippen LogP contribution in [0.2, 0.25) is 0 Å². The van der Waals surface area contributed by atoms with Gasteiger partial charge in [0.2, 0.25) is 5.39 Å².